The Hall–Kier alpha value is -3.56. The summed E-state index contributed by atoms with van der Waals surface area (Å²) >= 11 is 1.14. The highest BCUT2D eigenvalue weighted by Crippen LogP contribution is 2.49. The van der Waals surface area contributed by atoms with E-state index in [2.05, 4.69) is 11.0 Å². The van der Waals surface area contributed by atoms with Crippen molar-refractivity contribution >= 4 is 34.0 Å². The molecule has 0 bridgehead atoms. The molecule has 6 nitrogen and oxygen atoms in total. The maximum atomic E-state index is 14.5. The first kappa shape index (κ1) is 28.0. The molecular weight excluding hydrogens is 540 g/mol. The zero-order valence-corrected chi connectivity index (χ0v) is 22.4. The van der Waals surface area contributed by atoms with Crippen LogP contribution >= 0.6 is 11.3 Å². The van der Waals surface area contributed by atoms with Gasteiger partial charge in [-0.25, -0.2) is 13.2 Å². The zero-order valence-electron chi connectivity index (χ0n) is 21.6. The van der Waals surface area contributed by atoms with Gasteiger partial charge in [0.15, 0.2) is 5.75 Å². The van der Waals surface area contributed by atoms with Crippen molar-refractivity contribution in [1.29, 1.82) is 5.26 Å². The van der Waals surface area contributed by atoms with E-state index < -0.39 is 24.4 Å². The number of ether oxygens (including phenoxy) is 2. The Labute approximate surface area is 234 Å². The van der Waals surface area contributed by atoms with Crippen LogP contribution < -0.4 is 14.9 Å². The Bertz CT molecular complexity index is 1540. The van der Waals surface area contributed by atoms with Crippen molar-refractivity contribution in [3.05, 3.63) is 72.0 Å². The van der Waals surface area contributed by atoms with Crippen LogP contribution in [0.2, 0.25) is 0 Å². The summed E-state index contributed by atoms with van der Waals surface area (Å²) in [5, 5.41) is 28.6. The molecule has 1 aliphatic heterocycles. The second-order valence-electron chi connectivity index (χ2n) is 9.88. The molecule has 1 fully saturated rings. The quantitative estimate of drug-likeness (QED) is 0.246. The minimum Gasteiger partial charge on any atom is -0.492 e. The molecule has 0 spiro atoms. The monoisotopic (exact) mass is 566 g/mol. The van der Waals surface area contributed by atoms with Gasteiger partial charge in [-0.3, -0.25) is 4.90 Å². The fourth-order valence-electron chi connectivity index (χ4n) is 4.74. The minimum absolute atomic E-state index is 0.124. The van der Waals surface area contributed by atoms with Crippen molar-refractivity contribution in [3.63, 3.8) is 0 Å². The SMILES string of the molecule is CC(F)(F)c1cc(F)ccc1-c1sc2cc(B(O)O)ccc2c1Oc1ccc(OCCN2CC(CC#N)C2)cc1. The molecule has 11 heteroatoms. The largest absolute Gasteiger partial charge is 0.492 e. The van der Waals surface area contributed by atoms with Crippen LogP contribution in [0.25, 0.3) is 20.5 Å². The number of hydrogen-bond acceptors (Lipinski definition) is 7. The average Bonchev–Trinajstić information content (AvgIpc) is 3.24. The first-order chi connectivity index (χ1) is 19.1. The summed E-state index contributed by atoms with van der Waals surface area (Å²) in [5.41, 5.74) is -0.109. The minimum atomic E-state index is -3.32. The summed E-state index contributed by atoms with van der Waals surface area (Å²) in [6.45, 7) is 3.77. The molecule has 1 aliphatic rings. The summed E-state index contributed by atoms with van der Waals surface area (Å²) in [6.07, 6.45) is 0.577. The number of nitrogens with zero attached hydrogens (tertiary/aromatic N) is 2. The number of benzene rings is 3. The molecule has 1 aromatic heterocycles. The molecule has 206 valence electrons. The van der Waals surface area contributed by atoms with Gasteiger partial charge in [-0.1, -0.05) is 18.2 Å². The average molecular weight is 566 g/mol. The van der Waals surface area contributed by atoms with E-state index in [1.165, 1.54) is 12.1 Å². The lowest BCUT2D eigenvalue weighted by Gasteiger charge is -2.37. The van der Waals surface area contributed by atoms with E-state index in [1.807, 2.05) is 0 Å². The summed E-state index contributed by atoms with van der Waals surface area (Å²) in [5.74, 6) is -2.27. The maximum Gasteiger partial charge on any atom is 0.488 e. The smallest absolute Gasteiger partial charge is 0.488 e. The van der Waals surface area contributed by atoms with Crippen LogP contribution in [0.5, 0.6) is 17.2 Å². The summed E-state index contributed by atoms with van der Waals surface area (Å²) < 4.78 is 55.7. The fourth-order valence-corrected chi connectivity index (χ4v) is 5.96. The third kappa shape index (κ3) is 6.10. The summed E-state index contributed by atoms with van der Waals surface area (Å²) in [6, 6.07) is 17.1. The Morgan fingerprint density at radius 2 is 1.80 bits per heavy atom. The van der Waals surface area contributed by atoms with E-state index in [1.54, 1.807) is 36.4 Å². The van der Waals surface area contributed by atoms with Crippen LogP contribution in [0.15, 0.2) is 60.7 Å². The van der Waals surface area contributed by atoms with E-state index >= 15 is 0 Å². The van der Waals surface area contributed by atoms with Gasteiger partial charge >= 0.3 is 7.12 Å². The number of halogens is 3. The molecule has 0 radical (unpaired) electrons. The Morgan fingerprint density at radius 1 is 1.07 bits per heavy atom. The summed E-state index contributed by atoms with van der Waals surface area (Å²) in [7, 11) is -1.70. The molecular formula is C29H26BF3N2O4S. The highest BCUT2D eigenvalue weighted by Gasteiger charge is 2.31. The highest BCUT2D eigenvalue weighted by molar-refractivity contribution is 7.22. The molecule has 0 unspecified atom stereocenters. The molecule has 0 atom stereocenters. The van der Waals surface area contributed by atoms with Gasteiger partial charge in [-0.15, -0.1) is 11.3 Å². The fraction of sp³-hybridized carbons (Fsp3) is 0.276. The van der Waals surface area contributed by atoms with Crippen molar-refractivity contribution in [2.75, 3.05) is 26.2 Å². The van der Waals surface area contributed by atoms with E-state index in [0.29, 0.717) is 58.1 Å². The first-order valence-corrected chi connectivity index (χ1v) is 13.5. The van der Waals surface area contributed by atoms with Crippen molar-refractivity contribution in [2.24, 2.45) is 5.92 Å². The number of nitriles is 1. The van der Waals surface area contributed by atoms with Crippen molar-refractivity contribution in [3.8, 4) is 33.8 Å². The molecule has 3 aromatic carbocycles. The van der Waals surface area contributed by atoms with Gasteiger partial charge in [-0.2, -0.15) is 5.26 Å². The van der Waals surface area contributed by atoms with E-state index in [4.69, 9.17) is 14.7 Å². The number of hydrogen-bond donors (Lipinski definition) is 2. The van der Waals surface area contributed by atoms with Gasteiger partial charge < -0.3 is 19.5 Å². The van der Waals surface area contributed by atoms with E-state index in [9.17, 15) is 23.2 Å². The lowest BCUT2D eigenvalue weighted by atomic mass is 9.80. The Morgan fingerprint density at radius 3 is 2.48 bits per heavy atom. The number of thiophene rings is 1. The summed E-state index contributed by atoms with van der Waals surface area (Å²) in [4.78, 5) is 2.59. The van der Waals surface area contributed by atoms with Crippen LogP contribution in [0, 0.1) is 23.1 Å². The number of alkyl halides is 2. The van der Waals surface area contributed by atoms with Crippen molar-refractivity contribution in [1.82, 2.24) is 4.90 Å². The van der Waals surface area contributed by atoms with Crippen LogP contribution in [0.4, 0.5) is 13.2 Å². The normalized spacial score (nSPS) is 14.1. The molecule has 2 N–H and O–H groups in total. The number of likely N-dealkylation sites (tertiary alicyclic amines) is 1. The molecule has 0 amide bonds. The molecule has 0 saturated carbocycles. The van der Waals surface area contributed by atoms with Crippen LogP contribution in [0.1, 0.15) is 18.9 Å². The van der Waals surface area contributed by atoms with Gasteiger partial charge in [0.2, 0.25) is 0 Å². The topological polar surface area (TPSA) is 86.0 Å². The van der Waals surface area contributed by atoms with Crippen LogP contribution in [0.3, 0.4) is 0 Å². The van der Waals surface area contributed by atoms with Gasteiger partial charge in [0.25, 0.3) is 5.92 Å². The van der Waals surface area contributed by atoms with E-state index in [0.717, 1.165) is 43.1 Å². The van der Waals surface area contributed by atoms with Gasteiger partial charge in [0, 0.05) is 54.2 Å². The zero-order chi connectivity index (χ0) is 28.4. The van der Waals surface area contributed by atoms with Crippen molar-refractivity contribution < 1.29 is 32.7 Å². The van der Waals surface area contributed by atoms with Crippen LogP contribution in [-0.4, -0.2) is 48.3 Å². The van der Waals surface area contributed by atoms with Gasteiger partial charge in [0.1, 0.15) is 23.9 Å². The predicted molar refractivity (Wildman–Crippen MR) is 149 cm³/mol. The highest BCUT2D eigenvalue weighted by atomic mass is 32.1. The first-order valence-electron chi connectivity index (χ1n) is 12.7. The van der Waals surface area contributed by atoms with Crippen molar-refractivity contribution in [2.45, 2.75) is 19.3 Å². The predicted octanol–water partition coefficient (Wildman–Crippen LogP) is 5.52. The molecule has 5 rings (SSSR count). The van der Waals surface area contributed by atoms with Crippen LogP contribution in [-0.2, 0) is 5.92 Å². The van der Waals surface area contributed by atoms with Gasteiger partial charge in [-0.05, 0) is 53.8 Å². The molecule has 0 aliphatic carbocycles. The second kappa shape index (κ2) is 11.5. The molecule has 40 heavy (non-hydrogen) atoms. The van der Waals surface area contributed by atoms with Gasteiger partial charge in [0.05, 0.1) is 10.9 Å². The van der Waals surface area contributed by atoms with E-state index in [-0.39, 0.29) is 11.0 Å². The molecule has 1 saturated heterocycles. The third-order valence-electron chi connectivity index (χ3n) is 6.80. The Kier molecular flexibility index (Phi) is 8.05. The lowest BCUT2D eigenvalue weighted by molar-refractivity contribution is 0.0178. The molecule has 4 aromatic rings. The second-order valence-corrected chi connectivity index (χ2v) is 10.9. The molecule has 2 heterocycles. The maximum absolute atomic E-state index is 14.5. The third-order valence-corrected chi connectivity index (χ3v) is 7.97. The number of rotatable bonds is 10. The lowest BCUT2D eigenvalue weighted by Crippen LogP contribution is -2.47. The standard InChI is InChI=1S/C29H26BF3N2O4S/c1-29(32,33)25-15-20(31)3-9-23(25)28-27(24-8-2-19(30(36)37)14-26(24)40-28)39-22-6-4-21(5-7-22)38-13-12-35-16-18(17-35)10-11-34/h2-9,14-15,18,36-37H,10,12-13,16-17H2,1H3. The Balaban J connectivity index is 1.40. The number of fused-ring (bicyclic) bond motifs is 1.